The lowest BCUT2D eigenvalue weighted by Crippen LogP contribution is -2.55. The van der Waals surface area contributed by atoms with E-state index in [0.29, 0.717) is 25.2 Å². The van der Waals surface area contributed by atoms with Gasteiger partial charge in [-0.15, -0.1) is 0 Å². The number of esters is 2. The number of carbonyl (C=O) groups excluding carboxylic acids is 3. The molecule has 2 fully saturated rings. The number of hydrogen-bond donors (Lipinski definition) is 1. The highest BCUT2D eigenvalue weighted by atomic mass is 16.5. The van der Waals surface area contributed by atoms with Gasteiger partial charge in [0.1, 0.15) is 18.7 Å². The minimum atomic E-state index is -0.644. The maximum atomic E-state index is 13.8. The average molecular weight is 507 g/mol. The van der Waals surface area contributed by atoms with Crippen molar-refractivity contribution in [3.05, 3.63) is 71.8 Å². The van der Waals surface area contributed by atoms with Crippen molar-refractivity contribution in [3.8, 4) is 0 Å². The molecule has 0 radical (unpaired) electrons. The van der Waals surface area contributed by atoms with Crippen LogP contribution >= 0.6 is 0 Å². The third-order valence-corrected chi connectivity index (χ3v) is 7.55. The van der Waals surface area contributed by atoms with E-state index in [-0.39, 0.29) is 37.1 Å². The maximum Gasteiger partial charge on any atom is 0.329 e. The molecule has 1 saturated carbocycles. The van der Waals surface area contributed by atoms with Gasteiger partial charge in [0.2, 0.25) is 5.91 Å². The number of fused-ring (bicyclic) bond motifs is 1. The van der Waals surface area contributed by atoms with E-state index in [0.717, 1.165) is 30.4 Å². The molecule has 1 aliphatic heterocycles. The topological polar surface area (TPSA) is 84.9 Å². The highest BCUT2D eigenvalue weighted by Gasteiger charge is 2.50. The lowest BCUT2D eigenvalue weighted by molar-refractivity contribution is -0.156. The summed E-state index contributed by atoms with van der Waals surface area (Å²) in [7, 11) is 0. The molecule has 7 nitrogen and oxygen atoms in total. The third-order valence-electron chi connectivity index (χ3n) is 7.55. The van der Waals surface area contributed by atoms with Crippen LogP contribution in [-0.4, -0.2) is 53.5 Å². The van der Waals surface area contributed by atoms with Gasteiger partial charge in [0.05, 0.1) is 12.6 Å². The zero-order valence-electron chi connectivity index (χ0n) is 21.8. The number of aryl methyl sites for hydroxylation is 1. The summed E-state index contributed by atoms with van der Waals surface area (Å²) in [4.78, 5) is 41.4. The molecule has 0 aromatic heterocycles. The fraction of sp³-hybridized carbons (Fsp3) is 0.500. The van der Waals surface area contributed by atoms with Crippen molar-refractivity contribution in [2.45, 2.75) is 83.1 Å². The van der Waals surface area contributed by atoms with Crippen LogP contribution < -0.4 is 5.32 Å². The number of likely N-dealkylation sites (tertiary alicyclic amines) is 1. The Morgan fingerprint density at radius 2 is 1.65 bits per heavy atom. The summed E-state index contributed by atoms with van der Waals surface area (Å²) in [6, 6.07) is 17.7. The Kier molecular flexibility index (Phi) is 9.34. The minimum Gasteiger partial charge on any atom is -0.465 e. The largest absolute Gasteiger partial charge is 0.465 e. The van der Waals surface area contributed by atoms with Crippen molar-refractivity contribution < 1.29 is 23.9 Å². The molecule has 1 heterocycles. The first-order valence-corrected chi connectivity index (χ1v) is 13.5. The molecule has 0 bridgehead atoms. The fourth-order valence-electron chi connectivity index (χ4n) is 5.71. The first-order valence-electron chi connectivity index (χ1n) is 13.5. The van der Waals surface area contributed by atoms with E-state index in [9.17, 15) is 14.4 Å². The van der Waals surface area contributed by atoms with Crippen LogP contribution in [0.25, 0.3) is 0 Å². The van der Waals surface area contributed by atoms with E-state index in [1.807, 2.05) is 60.7 Å². The average Bonchev–Trinajstić information content (AvgIpc) is 3.52. The number of nitrogens with one attached hydrogen (secondary N) is 1. The van der Waals surface area contributed by atoms with Crippen LogP contribution in [0.1, 0.15) is 57.1 Å². The Labute approximate surface area is 219 Å². The molecular formula is C30H38N2O5. The maximum absolute atomic E-state index is 13.8. The van der Waals surface area contributed by atoms with Crippen molar-refractivity contribution in [2.24, 2.45) is 5.92 Å². The van der Waals surface area contributed by atoms with Crippen LogP contribution in [0.15, 0.2) is 60.7 Å². The van der Waals surface area contributed by atoms with E-state index in [4.69, 9.17) is 9.47 Å². The van der Waals surface area contributed by atoms with Gasteiger partial charge < -0.3 is 14.4 Å². The van der Waals surface area contributed by atoms with Gasteiger partial charge in [-0.3, -0.25) is 14.9 Å². The molecular weight excluding hydrogens is 468 g/mol. The monoisotopic (exact) mass is 506 g/mol. The van der Waals surface area contributed by atoms with Crippen LogP contribution in [0.3, 0.4) is 0 Å². The number of ether oxygens (including phenoxy) is 2. The van der Waals surface area contributed by atoms with Crippen molar-refractivity contribution >= 4 is 17.8 Å². The van der Waals surface area contributed by atoms with E-state index in [1.54, 1.807) is 18.7 Å². The summed E-state index contributed by atoms with van der Waals surface area (Å²) in [6.07, 6.45) is 4.78. The molecule has 0 spiro atoms. The summed E-state index contributed by atoms with van der Waals surface area (Å²) >= 11 is 0. The highest BCUT2D eigenvalue weighted by molar-refractivity contribution is 5.89. The van der Waals surface area contributed by atoms with Gasteiger partial charge in [-0.2, -0.15) is 0 Å². The molecule has 198 valence electrons. The normalized spacial score (nSPS) is 22.2. The van der Waals surface area contributed by atoms with Gasteiger partial charge in [0.15, 0.2) is 0 Å². The Morgan fingerprint density at radius 3 is 2.32 bits per heavy atom. The second-order valence-corrected chi connectivity index (χ2v) is 10.1. The molecule has 1 saturated heterocycles. The van der Waals surface area contributed by atoms with E-state index in [1.165, 1.54) is 0 Å². The molecule has 2 aliphatic rings. The summed E-state index contributed by atoms with van der Waals surface area (Å²) < 4.78 is 10.9. The molecule has 0 unspecified atom stereocenters. The standard InChI is InChI=1S/C30H38N2O5/c1-3-36-29(34)25(18-17-22-11-6-4-7-12-22)31-21(2)28(33)32-26-16-10-15-24(26)19-27(32)30(35)37-20-23-13-8-5-9-14-23/h4-9,11-14,21,24-27,31H,3,10,15-20H2,1-2H3/t21-,24-,25-,26-,27-/m1/s1. The number of amides is 1. The van der Waals surface area contributed by atoms with Gasteiger partial charge in [-0.25, -0.2) is 4.79 Å². The van der Waals surface area contributed by atoms with Crippen molar-refractivity contribution in [1.29, 1.82) is 0 Å². The molecule has 4 rings (SSSR count). The van der Waals surface area contributed by atoms with Gasteiger partial charge in [-0.05, 0) is 63.0 Å². The lowest BCUT2D eigenvalue weighted by atomic mass is 10.0. The lowest BCUT2D eigenvalue weighted by Gasteiger charge is -2.32. The van der Waals surface area contributed by atoms with Crippen LogP contribution in [0.4, 0.5) is 0 Å². The molecule has 37 heavy (non-hydrogen) atoms. The number of rotatable bonds is 11. The zero-order chi connectivity index (χ0) is 26.2. The summed E-state index contributed by atoms with van der Waals surface area (Å²) in [5, 5.41) is 3.23. The highest BCUT2D eigenvalue weighted by Crippen LogP contribution is 2.42. The second-order valence-electron chi connectivity index (χ2n) is 10.1. The Balaban J connectivity index is 1.43. The van der Waals surface area contributed by atoms with Gasteiger partial charge in [0, 0.05) is 6.04 Å². The molecule has 1 N–H and O–H groups in total. The Bertz CT molecular complexity index is 1040. The predicted octanol–water partition coefficient (Wildman–Crippen LogP) is 4.04. The number of hydrogen-bond acceptors (Lipinski definition) is 6. The van der Waals surface area contributed by atoms with E-state index >= 15 is 0 Å². The molecule has 2 aromatic carbocycles. The van der Waals surface area contributed by atoms with Crippen LogP contribution in [0.2, 0.25) is 0 Å². The molecule has 2 aromatic rings. The quantitative estimate of drug-likeness (QED) is 0.463. The Morgan fingerprint density at radius 1 is 0.973 bits per heavy atom. The third kappa shape index (κ3) is 6.77. The molecule has 5 atom stereocenters. The summed E-state index contributed by atoms with van der Waals surface area (Å²) in [5.74, 6) is -0.573. The first kappa shape index (κ1) is 26.9. The van der Waals surface area contributed by atoms with Crippen LogP contribution in [0.5, 0.6) is 0 Å². The van der Waals surface area contributed by atoms with Crippen molar-refractivity contribution in [1.82, 2.24) is 10.2 Å². The number of carbonyl (C=O) groups is 3. The fourth-order valence-corrected chi connectivity index (χ4v) is 5.71. The van der Waals surface area contributed by atoms with E-state index < -0.39 is 18.1 Å². The Hall–Kier alpha value is -3.19. The molecule has 1 aliphatic carbocycles. The van der Waals surface area contributed by atoms with Crippen LogP contribution in [0, 0.1) is 5.92 Å². The zero-order valence-corrected chi connectivity index (χ0v) is 21.8. The van der Waals surface area contributed by atoms with Gasteiger partial charge in [-0.1, -0.05) is 67.1 Å². The number of nitrogens with zero attached hydrogens (tertiary/aromatic N) is 1. The number of benzene rings is 2. The second kappa shape index (κ2) is 12.9. The smallest absolute Gasteiger partial charge is 0.329 e. The molecule has 1 amide bonds. The van der Waals surface area contributed by atoms with Crippen LogP contribution in [-0.2, 0) is 36.9 Å². The molecule has 7 heteroatoms. The SMILES string of the molecule is CCOC(=O)[C@@H](CCc1ccccc1)N[C@H](C)C(=O)N1[C@@H](C(=O)OCc2ccccc2)C[C@H]2CCC[C@H]21. The summed E-state index contributed by atoms with van der Waals surface area (Å²) in [5.41, 5.74) is 2.03. The predicted molar refractivity (Wildman–Crippen MR) is 140 cm³/mol. The van der Waals surface area contributed by atoms with E-state index in [2.05, 4.69) is 5.32 Å². The first-order chi connectivity index (χ1) is 18.0. The van der Waals surface area contributed by atoms with Crippen molar-refractivity contribution in [3.63, 3.8) is 0 Å². The van der Waals surface area contributed by atoms with Crippen molar-refractivity contribution in [2.75, 3.05) is 6.61 Å². The minimum absolute atomic E-state index is 0.0383. The van der Waals surface area contributed by atoms with Gasteiger partial charge >= 0.3 is 11.9 Å². The van der Waals surface area contributed by atoms with Gasteiger partial charge in [0.25, 0.3) is 0 Å². The summed E-state index contributed by atoms with van der Waals surface area (Å²) in [6.45, 7) is 4.00.